The van der Waals surface area contributed by atoms with Crippen molar-refractivity contribution in [3.63, 3.8) is 0 Å². The zero-order valence-corrected chi connectivity index (χ0v) is 19.0. The van der Waals surface area contributed by atoms with Gasteiger partial charge in [0, 0.05) is 11.8 Å². The minimum absolute atomic E-state index is 0.0570. The highest BCUT2D eigenvalue weighted by Crippen LogP contribution is 2.31. The Labute approximate surface area is 192 Å². The van der Waals surface area contributed by atoms with Gasteiger partial charge < -0.3 is 5.32 Å². The third-order valence-corrected chi connectivity index (χ3v) is 7.15. The fourth-order valence-corrected chi connectivity index (χ4v) is 5.41. The third-order valence-electron chi connectivity index (χ3n) is 6.22. The number of hydrogen-bond acceptors (Lipinski definition) is 6. The Balaban J connectivity index is 1.28. The summed E-state index contributed by atoms with van der Waals surface area (Å²) in [7, 11) is 0. The summed E-state index contributed by atoms with van der Waals surface area (Å²) in [6.45, 7) is 2.97. The van der Waals surface area contributed by atoms with Gasteiger partial charge in [0.2, 0.25) is 5.91 Å². The number of para-hydroxylation sites is 1. The number of aromatic nitrogens is 5. The molecule has 9 heteroatoms. The number of nitrogens with one attached hydrogen (secondary N) is 1. The van der Waals surface area contributed by atoms with Crippen LogP contribution < -0.4 is 5.32 Å². The summed E-state index contributed by atoms with van der Waals surface area (Å²) in [4.78, 5) is 15.2. The molecule has 8 nitrogen and oxygen atoms in total. The first kappa shape index (κ1) is 21.2. The Bertz CT molecular complexity index is 1040. The van der Waals surface area contributed by atoms with Gasteiger partial charge in [0.25, 0.3) is 0 Å². The monoisotopic (exact) mass is 451 g/mol. The minimum atomic E-state index is -0.0570. The second-order valence-electron chi connectivity index (χ2n) is 8.49. The lowest BCUT2D eigenvalue weighted by atomic mass is 10.2. The highest BCUT2D eigenvalue weighted by molar-refractivity contribution is 7.99. The van der Waals surface area contributed by atoms with Crippen LogP contribution in [0.4, 0.5) is 5.82 Å². The van der Waals surface area contributed by atoms with E-state index in [1.165, 1.54) is 37.4 Å². The average molecular weight is 452 g/mol. The predicted octanol–water partition coefficient (Wildman–Crippen LogP) is 3.91. The summed E-state index contributed by atoms with van der Waals surface area (Å²) in [5.41, 5.74) is 1.02. The van der Waals surface area contributed by atoms with Crippen LogP contribution in [-0.4, -0.2) is 54.2 Å². The summed E-state index contributed by atoms with van der Waals surface area (Å²) in [6, 6.07) is 12.4. The van der Waals surface area contributed by atoms with Crippen molar-refractivity contribution in [2.24, 2.45) is 0 Å². The molecule has 168 valence electrons. The first-order valence-corrected chi connectivity index (χ1v) is 12.4. The molecular formula is C23H29N7OS. The Morgan fingerprint density at radius 2 is 1.81 bits per heavy atom. The van der Waals surface area contributed by atoms with E-state index in [1.54, 1.807) is 6.20 Å². The van der Waals surface area contributed by atoms with Gasteiger partial charge in [-0.15, -0.1) is 10.2 Å². The molecule has 2 fully saturated rings. The normalized spacial score (nSPS) is 17.2. The molecule has 3 heterocycles. The van der Waals surface area contributed by atoms with E-state index in [0.717, 1.165) is 55.0 Å². The van der Waals surface area contributed by atoms with E-state index < -0.39 is 0 Å². The predicted molar refractivity (Wildman–Crippen MR) is 125 cm³/mol. The Morgan fingerprint density at radius 1 is 1.03 bits per heavy atom. The number of benzene rings is 1. The van der Waals surface area contributed by atoms with Gasteiger partial charge in [-0.25, -0.2) is 4.68 Å². The van der Waals surface area contributed by atoms with Gasteiger partial charge in [-0.2, -0.15) is 5.10 Å². The number of hydrogen-bond donors (Lipinski definition) is 1. The molecule has 0 unspecified atom stereocenters. The van der Waals surface area contributed by atoms with Crippen molar-refractivity contribution in [1.29, 1.82) is 0 Å². The molecule has 1 amide bonds. The van der Waals surface area contributed by atoms with Gasteiger partial charge in [-0.3, -0.25) is 14.3 Å². The van der Waals surface area contributed by atoms with Crippen molar-refractivity contribution in [2.45, 2.75) is 56.3 Å². The van der Waals surface area contributed by atoms with E-state index in [1.807, 2.05) is 28.9 Å². The van der Waals surface area contributed by atoms with Crippen molar-refractivity contribution in [1.82, 2.24) is 29.4 Å². The van der Waals surface area contributed by atoms with Crippen LogP contribution in [0.1, 0.15) is 50.4 Å². The molecule has 1 aliphatic carbocycles. The van der Waals surface area contributed by atoms with Gasteiger partial charge in [0.15, 0.2) is 11.0 Å². The maximum Gasteiger partial charge on any atom is 0.235 e. The largest absolute Gasteiger partial charge is 0.310 e. The van der Waals surface area contributed by atoms with Crippen LogP contribution in [0.3, 0.4) is 0 Å². The highest BCUT2D eigenvalue weighted by atomic mass is 32.2. The second kappa shape index (κ2) is 9.87. The Hall–Kier alpha value is -2.65. The lowest BCUT2D eigenvalue weighted by Gasteiger charge is -2.16. The molecule has 0 bridgehead atoms. The van der Waals surface area contributed by atoms with E-state index in [4.69, 9.17) is 0 Å². The summed E-state index contributed by atoms with van der Waals surface area (Å²) < 4.78 is 4.05. The summed E-state index contributed by atoms with van der Waals surface area (Å²) in [5.74, 6) is 1.91. The molecule has 1 N–H and O–H groups in total. The van der Waals surface area contributed by atoms with Crippen LogP contribution >= 0.6 is 11.8 Å². The number of carbonyl (C=O) groups excluding carboxylic acids is 1. The number of carbonyl (C=O) groups is 1. The highest BCUT2D eigenvalue weighted by Gasteiger charge is 2.22. The van der Waals surface area contributed by atoms with Gasteiger partial charge in [0.1, 0.15) is 5.82 Å². The molecule has 1 saturated heterocycles. The molecule has 2 aliphatic rings. The second-order valence-corrected chi connectivity index (χ2v) is 9.43. The quantitative estimate of drug-likeness (QED) is 0.523. The summed E-state index contributed by atoms with van der Waals surface area (Å²) in [6.07, 6.45) is 8.93. The maximum absolute atomic E-state index is 12.7. The number of anilines is 1. The lowest BCUT2D eigenvalue weighted by molar-refractivity contribution is -0.113. The van der Waals surface area contributed by atoms with Gasteiger partial charge in [0.05, 0.1) is 24.5 Å². The fourth-order valence-electron chi connectivity index (χ4n) is 4.64. The standard InChI is InChI=1S/C23H29N7OS/c31-22(25-20-12-13-24-30(20)19-10-4-5-11-19)17-32-23-27-26-21(16-28-14-6-7-15-28)29(23)18-8-2-1-3-9-18/h1-3,8-9,12-13,19H,4-7,10-11,14-17H2,(H,25,31). The van der Waals surface area contributed by atoms with Crippen LogP contribution in [0.25, 0.3) is 5.69 Å². The molecule has 0 radical (unpaired) electrons. The number of likely N-dealkylation sites (tertiary alicyclic amines) is 1. The third kappa shape index (κ3) is 4.73. The van der Waals surface area contributed by atoms with Crippen molar-refractivity contribution in [3.05, 3.63) is 48.4 Å². The van der Waals surface area contributed by atoms with Gasteiger partial charge >= 0.3 is 0 Å². The van der Waals surface area contributed by atoms with Gasteiger partial charge in [-0.1, -0.05) is 42.8 Å². The first-order valence-electron chi connectivity index (χ1n) is 11.5. The Morgan fingerprint density at radius 3 is 2.59 bits per heavy atom. The molecule has 1 aromatic carbocycles. The molecule has 0 spiro atoms. The molecule has 3 aromatic rings. The molecule has 1 aliphatic heterocycles. The number of thioether (sulfide) groups is 1. The van der Waals surface area contributed by atoms with Crippen LogP contribution in [-0.2, 0) is 11.3 Å². The average Bonchev–Trinajstić information content (AvgIpc) is 3.60. The van der Waals surface area contributed by atoms with Crippen LogP contribution in [0.15, 0.2) is 47.8 Å². The molecule has 1 saturated carbocycles. The van der Waals surface area contributed by atoms with E-state index in [9.17, 15) is 4.79 Å². The Kier molecular flexibility index (Phi) is 6.54. The fraction of sp³-hybridized carbons (Fsp3) is 0.478. The van der Waals surface area contributed by atoms with Crippen molar-refractivity contribution in [2.75, 3.05) is 24.2 Å². The van der Waals surface area contributed by atoms with Crippen LogP contribution in [0.5, 0.6) is 0 Å². The lowest BCUT2D eigenvalue weighted by Crippen LogP contribution is -2.21. The number of rotatable bonds is 8. The zero-order valence-electron chi connectivity index (χ0n) is 18.2. The summed E-state index contributed by atoms with van der Waals surface area (Å²) in [5, 5.41) is 17.1. The molecule has 32 heavy (non-hydrogen) atoms. The van der Waals surface area contributed by atoms with Gasteiger partial charge in [-0.05, 0) is 50.9 Å². The molecule has 2 aromatic heterocycles. The summed E-state index contributed by atoms with van der Waals surface area (Å²) >= 11 is 1.42. The topological polar surface area (TPSA) is 80.9 Å². The van der Waals surface area contributed by atoms with Crippen molar-refractivity contribution < 1.29 is 4.79 Å². The minimum Gasteiger partial charge on any atom is -0.310 e. The van der Waals surface area contributed by atoms with Crippen LogP contribution in [0.2, 0.25) is 0 Å². The number of amides is 1. The number of nitrogens with zero attached hydrogens (tertiary/aromatic N) is 6. The van der Waals surface area contributed by atoms with E-state index in [2.05, 4.69) is 42.2 Å². The first-order chi connectivity index (χ1) is 15.8. The van der Waals surface area contributed by atoms with Crippen molar-refractivity contribution >= 4 is 23.5 Å². The molecule has 0 atom stereocenters. The maximum atomic E-state index is 12.7. The SMILES string of the molecule is O=C(CSc1nnc(CN2CCCC2)n1-c1ccccc1)Nc1ccnn1C1CCCC1. The molecule has 5 rings (SSSR count). The smallest absolute Gasteiger partial charge is 0.235 e. The van der Waals surface area contributed by atoms with Crippen LogP contribution in [0, 0.1) is 0 Å². The van der Waals surface area contributed by atoms with E-state index >= 15 is 0 Å². The van der Waals surface area contributed by atoms with E-state index in [-0.39, 0.29) is 11.7 Å². The van der Waals surface area contributed by atoms with E-state index in [0.29, 0.717) is 6.04 Å². The molecular weight excluding hydrogens is 422 g/mol. The zero-order chi connectivity index (χ0) is 21.8. The van der Waals surface area contributed by atoms with Crippen molar-refractivity contribution in [3.8, 4) is 5.69 Å².